The Kier molecular flexibility index (Phi) is 8.12. The van der Waals surface area contributed by atoms with Crippen LogP contribution in [0, 0.1) is 0 Å². The maximum atomic E-state index is 12.1. The molecule has 0 heterocycles. The van der Waals surface area contributed by atoms with Crippen LogP contribution in [0.15, 0.2) is 48.5 Å². The minimum Gasteiger partial charge on any atom is -0.494 e. The monoisotopic (exact) mass is 371 g/mol. The predicted molar refractivity (Wildman–Crippen MR) is 105 cm³/mol. The molecule has 144 valence electrons. The molecule has 0 spiro atoms. The van der Waals surface area contributed by atoms with Crippen molar-refractivity contribution in [2.24, 2.45) is 0 Å². The fourth-order valence-electron chi connectivity index (χ4n) is 2.33. The van der Waals surface area contributed by atoms with Crippen LogP contribution in [0.2, 0.25) is 0 Å². The molecule has 0 bridgehead atoms. The number of nitrogens with one attached hydrogen (secondary N) is 3. The van der Waals surface area contributed by atoms with Gasteiger partial charge in [0.2, 0.25) is 5.91 Å². The number of benzene rings is 2. The second kappa shape index (κ2) is 10.8. The molecule has 0 saturated carbocycles. The Balaban J connectivity index is 1.84. The highest BCUT2D eigenvalue weighted by Crippen LogP contribution is 2.15. The first kappa shape index (κ1) is 20.3. The molecule has 0 fully saturated rings. The number of ether oxygens (including phenoxy) is 2. The summed E-state index contributed by atoms with van der Waals surface area (Å²) >= 11 is 0. The van der Waals surface area contributed by atoms with E-state index in [1.54, 1.807) is 55.6 Å². The van der Waals surface area contributed by atoms with E-state index in [1.807, 2.05) is 6.92 Å². The van der Waals surface area contributed by atoms with E-state index in [4.69, 9.17) is 9.47 Å². The molecule has 0 aliphatic carbocycles. The summed E-state index contributed by atoms with van der Waals surface area (Å²) < 4.78 is 10.3. The molecule has 2 amide bonds. The van der Waals surface area contributed by atoms with Crippen LogP contribution in [0.25, 0.3) is 0 Å². The zero-order valence-electron chi connectivity index (χ0n) is 15.6. The fourth-order valence-corrected chi connectivity index (χ4v) is 2.33. The van der Waals surface area contributed by atoms with Crippen molar-refractivity contribution in [3.05, 3.63) is 54.1 Å². The van der Waals surface area contributed by atoms with Gasteiger partial charge in [-0.1, -0.05) is 6.07 Å². The third-order valence-corrected chi connectivity index (χ3v) is 3.62. The number of methoxy groups -OCH3 is 1. The average Bonchev–Trinajstić information content (AvgIpc) is 2.68. The minimum atomic E-state index is -0.186. The van der Waals surface area contributed by atoms with Crippen LogP contribution in [0.3, 0.4) is 0 Å². The smallest absolute Gasteiger partial charge is 0.251 e. The summed E-state index contributed by atoms with van der Waals surface area (Å²) in [7, 11) is 1.58. The number of rotatable bonds is 10. The van der Waals surface area contributed by atoms with Crippen molar-refractivity contribution in [2.45, 2.75) is 6.92 Å². The van der Waals surface area contributed by atoms with Gasteiger partial charge in [0, 0.05) is 30.6 Å². The van der Waals surface area contributed by atoms with E-state index in [0.29, 0.717) is 36.7 Å². The quantitative estimate of drug-likeness (QED) is 0.559. The molecule has 0 atom stereocenters. The summed E-state index contributed by atoms with van der Waals surface area (Å²) in [6, 6.07) is 14.2. The number of hydrogen-bond acceptors (Lipinski definition) is 5. The van der Waals surface area contributed by atoms with Crippen molar-refractivity contribution >= 4 is 23.2 Å². The summed E-state index contributed by atoms with van der Waals surface area (Å²) in [5.41, 5.74) is 1.90. The number of carbonyl (C=O) groups excluding carboxylic acids is 2. The zero-order chi connectivity index (χ0) is 19.5. The fraction of sp³-hybridized carbons (Fsp3) is 0.300. The second-order valence-corrected chi connectivity index (χ2v) is 5.69. The Bertz CT molecular complexity index is 747. The predicted octanol–water partition coefficient (Wildman–Crippen LogP) is 2.51. The molecule has 0 aromatic heterocycles. The van der Waals surface area contributed by atoms with E-state index >= 15 is 0 Å². The van der Waals surface area contributed by atoms with E-state index in [1.165, 1.54) is 0 Å². The van der Waals surface area contributed by atoms with Gasteiger partial charge in [-0.25, -0.2) is 0 Å². The molecule has 0 radical (unpaired) electrons. The Morgan fingerprint density at radius 2 is 1.81 bits per heavy atom. The van der Waals surface area contributed by atoms with Crippen molar-refractivity contribution < 1.29 is 19.1 Å². The number of amides is 2. The molecule has 0 saturated heterocycles. The molecule has 7 heteroatoms. The maximum absolute atomic E-state index is 12.1. The summed E-state index contributed by atoms with van der Waals surface area (Å²) in [6.07, 6.45) is 0. The van der Waals surface area contributed by atoms with Gasteiger partial charge in [-0.15, -0.1) is 0 Å². The first-order valence-corrected chi connectivity index (χ1v) is 8.76. The van der Waals surface area contributed by atoms with Crippen molar-refractivity contribution in [3.8, 4) is 5.75 Å². The lowest BCUT2D eigenvalue weighted by Gasteiger charge is -2.10. The number of anilines is 2. The molecule has 0 aliphatic heterocycles. The highest BCUT2D eigenvalue weighted by Gasteiger charge is 2.07. The van der Waals surface area contributed by atoms with Crippen LogP contribution in [0.5, 0.6) is 5.75 Å². The second-order valence-electron chi connectivity index (χ2n) is 5.69. The summed E-state index contributed by atoms with van der Waals surface area (Å²) in [5, 5.41) is 8.58. The van der Waals surface area contributed by atoms with E-state index in [9.17, 15) is 9.59 Å². The Hall–Kier alpha value is -3.06. The Morgan fingerprint density at radius 1 is 1.04 bits per heavy atom. The van der Waals surface area contributed by atoms with E-state index in [-0.39, 0.29) is 18.4 Å². The van der Waals surface area contributed by atoms with Crippen molar-refractivity contribution in [1.29, 1.82) is 0 Å². The highest BCUT2D eigenvalue weighted by atomic mass is 16.5. The normalized spacial score (nSPS) is 10.1. The molecule has 0 unspecified atom stereocenters. The van der Waals surface area contributed by atoms with Crippen LogP contribution < -0.4 is 20.7 Å². The lowest BCUT2D eigenvalue weighted by atomic mass is 10.2. The molecule has 0 aliphatic rings. The van der Waals surface area contributed by atoms with Crippen LogP contribution in [0.1, 0.15) is 17.3 Å². The van der Waals surface area contributed by atoms with E-state index < -0.39 is 0 Å². The zero-order valence-corrected chi connectivity index (χ0v) is 15.6. The van der Waals surface area contributed by atoms with E-state index in [0.717, 1.165) is 5.75 Å². The first-order chi connectivity index (χ1) is 13.1. The van der Waals surface area contributed by atoms with Crippen molar-refractivity contribution in [2.75, 3.05) is 44.0 Å². The number of carbonyl (C=O) groups is 2. The summed E-state index contributed by atoms with van der Waals surface area (Å²) in [6.45, 7) is 3.49. The average molecular weight is 371 g/mol. The third-order valence-electron chi connectivity index (χ3n) is 3.62. The molecule has 3 N–H and O–H groups in total. The third kappa shape index (κ3) is 6.99. The topological polar surface area (TPSA) is 88.7 Å². The lowest BCUT2D eigenvalue weighted by Crippen LogP contribution is -2.27. The van der Waals surface area contributed by atoms with Crippen LogP contribution in [0.4, 0.5) is 11.4 Å². The van der Waals surface area contributed by atoms with Gasteiger partial charge in [0.1, 0.15) is 5.75 Å². The van der Waals surface area contributed by atoms with Crippen LogP contribution >= 0.6 is 0 Å². The van der Waals surface area contributed by atoms with Gasteiger partial charge < -0.3 is 25.4 Å². The lowest BCUT2D eigenvalue weighted by molar-refractivity contribution is -0.114. The van der Waals surface area contributed by atoms with Gasteiger partial charge >= 0.3 is 0 Å². The van der Waals surface area contributed by atoms with Gasteiger partial charge in [-0.2, -0.15) is 0 Å². The van der Waals surface area contributed by atoms with Gasteiger partial charge in [0.25, 0.3) is 5.91 Å². The van der Waals surface area contributed by atoms with Crippen LogP contribution in [-0.2, 0) is 9.53 Å². The van der Waals surface area contributed by atoms with Gasteiger partial charge in [0.05, 0.1) is 19.8 Å². The van der Waals surface area contributed by atoms with E-state index in [2.05, 4.69) is 16.0 Å². The molecular formula is C20H25N3O4. The molecule has 2 aromatic rings. The summed E-state index contributed by atoms with van der Waals surface area (Å²) in [5.74, 6) is 0.387. The first-order valence-electron chi connectivity index (χ1n) is 8.76. The van der Waals surface area contributed by atoms with Gasteiger partial charge in [-0.05, 0) is 49.4 Å². The summed E-state index contributed by atoms with van der Waals surface area (Å²) in [4.78, 5) is 24.1. The molecule has 27 heavy (non-hydrogen) atoms. The van der Waals surface area contributed by atoms with Gasteiger partial charge in [-0.3, -0.25) is 9.59 Å². The Labute approximate surface area is 159 Å². The molecule has 2 rings (SSSR count). The maximum Gasteiger partial charge on any atom is 0.251 e. The van der Waals surface area contributed by atoms with Gasteiger partial charge in [0.15, 0.2) is 0 Å². The SMILES string of the molecule is CCOc1ccc(NC(=O)CNc2cccc(C(=O)NCCOC)c2)cc1. The molecule has 7 nitrogen and oxygen atoms in total. The van der Waals surface area contributed by atoms with Crippen LogP contribution in [-0.4, -0.2) is 45.2 Å². The van der Waals surface area contributed by atoms with Crippen molar-refractivity contribution in [1.82, 2.24) is 5.32 Å². The molecular weight excluding hydrogens is 346 g/mol. The molecule has 2 aromatic carbocycles. The van der Waals surface area contributed by atoms with Crippen molar-refractivity contribution in [3.63, 3.8) is 0 Å². The minimum absolute atomic E-state index is 0.0853. The highest BCUT2D eigenvalue weighted by molar-refractivity contribution is 5.96. The Morgan fingerprint density at radius 3 is 2.52 bits per heavy atom. The largest absolute Gasteiger partial charge is 0.494 e. The number of hydrogen-bond donors (Lipinski definition) is 3. The standard InChI is InChI=1S/C20H25N3O4/c1-3-27-18-9-7-16(8-10-18)23-19(24)14-22-17-6-4-5-15(13-17)20(25)21-11-12-26-2/h4-10,13,22H,3,11-12,14H2,1-2H3,(H,21,25)(H,23,24).